The maximum Gasteiger partial charge on any atom is 0.314 e. The van der Waals surface area contributed by atoms with Crippen LogP contribution in [0.5, 0.6) is 5.75 Å². The van der Waals surface area contributed by atoms with E-state index in [0.717, 1.165) is 61.3 Å². The van der Waals surface area contributed by atoms with Crippen LogP contribution in [0.25, 0.3) is 33.5 Å². The Bertz CT molecular complexity index is 1740. The molecule has 3 aliphatic rings. The molecule has 7 rings (SSSR count). The molecular formula is C34H43N7O3. The Labute approximate surface area is 257 Å². The van der Waals surface area contributed by atoms with Crippen molar-refractivity contribution in [2.24, 2.45) is 30.4 Å². The number of ether oxygens (including phenoxy) is 1. The van der Waals surface area contributed by atoms with Crippen LogP contribution in [0, 0.1) is 11.8 Å². The van der Waals surface area contributed by atoms with Crippen LogP contribution in [0.15, 0.2) is 36.4 Å². The molecule has 10 heteroatoms. The lowest BCUT2D eigenvalue weighted by Crippen LogP contribution is -2.42. The van der Waals surface area contributed by atoms with Gasteiger partial charge in [0, 0.05) is 56.6 Å². The molecule has 1 aliphatic carbocycles. The van der Waals surface area contributed by atoms with Gasteiger partial charge in [0.1, 0.15) is 11.3 Å². The molecule has 0 spiro atoms. The van der Waals surface area contributed by atoms with Crippen molar-refractivity contribution >= 4 is 33.9 Å². The predicted octanol–water partition coefficient (Wildman–Crippen LogP) is 4.68. The Morgan fingerprint density at radius 2 is 1.77 bits per heavy atom. The number of methoxy groups -OCH3 is 1. The van der Waals surface area contributed by atoms with E-state index < -0.39 is 0 Å². The zero-order valence-electron chi connectivity index (χ0n) is 25.8. The number of primary amides is 1. The van der Waals surface area contributed by atoms with Gasteiger partial charge in [-0.3, -0.25) is 4.79 Å². The van der Waals surface area contributed by atoms with Gasteiger partial charge in [0.25, 0.3) is 5.91 Å². The summed E-state index contributed by atoms with van der Waals surface area (Å²) in [5, 5.41) is 1.17. The summed E-state index contributed by atoms with van der Waals surface area (Å²) in [6.45, 7) is 4.30. The van der Waals surface area contributed by atoms with Crippen LogP contribution in [-0.4, -0.2) is 75.7 Å². The normalized spacial score (nSPS) is 20.9. The molecule has 2 aromatic heterocycles. The van der Waals surface area contributed by atoms with Crippen LogP contribution in [-0.2, 0) is 13.6 Å². The molecule has 0 radical (unpaired) electrons. The third-order valence-electron chi connectivity index (χ3n) is 10.0. The van der Waals surface area contributed by atoms with Gasteiger partial charge in [-0.15, -0.1) is 0 Å². The number of carbonyl (C=O) groups excluding carboxylic acids is 2. The first kappa shape index (κ1) is 28.7. The van der Waals surface area contributed by atoms with E-state index >= 15 is 0 Å². The Morgan fingerprint density at radius 3 is 2.52 bits per heavy atom. The number of carbonyl (C=O) groups is 2. The van der Waals surface area contributed by atoms with Crippen molar-refractivity contribution < 1.29 is 14.3 Å². The van der Waals surface area contributed by atoms with Crippen molar-refractivity contribution in [3.63, 3.8) is 0 Å². The molecule has 1 saturated carbocycles. The molecular weight excluding hydrogens is 554 g/mol. The Kier molecular flexibility index (Phi) is 7.48. The zero-order valence-corrected chi connectivity index (χ0v) is 25.8. The third kappa shape index (κ3) is 5.08. The van der Waals surface area contributed by atoms with Crippen molar-refractivity contribution in [1.82, 2.24) is 23.9 Å². The van der Waals surface area contributed by atoms with Crippen LogP contribution in [0.1, 0.15) is 60.4 Å². The summed E-state index contributed by atoms with van der Waals surface area (Å²) in [6, 6.07) is 12.2. The number of likely N-dealkylation sites (tertiary alicyclic amines) is 2. The highest BCUT2D eigenvalue weighted by Crippen LogP contribution is 2.41. The minimum Gasteiger partial charge on any atom is -0.494 e. The number of piperidine rings is 2. The lowest BCUT2D eigenvalue weighted by atomic mass is 9.89. The molecule has 2 aliphatic heterocycles. The topological polar surface area (TPSA) is 125 Å². The number of urea groups is 1. The predicted molar refractivity (Wildman–Crippen MR) is 172 cm³/mol. The van der Waals surface area contributed by atoms with E-state index in [9.17, 15) is 9.59 Å². The summed E-state index contributed by atoms with van der Waals surface area (Å²) in [5.74, 6) is 2.68. The second-order valence-corrected chi connectivity index (χ2v) is 13.0. The molecule has 4 heterocycles. The minimum absolute atomic E-state index is 0.000489. The van der Waals surface area contributed by atoms with Gasteiger partial charge in [-0.1, -0.05) is 18.2 Å². The Balaban J connectivity index is 1.33. The van der Waals surface area contributed by atoms with Crippen molar-refractivity contribution in [2.75, 3.05) is 39.8 Å². The number of para-hydroxylation sites is 1. The molecule has 2 aromatic carbocycles. The molecule has 2 saturated heterocycles. The fourth-order valence-corrected chi connectivity index (χ4v) is 7.49. The number of rotatable bonds is 7. The highest BCUT2D eigenvalue weighted by atomic mass is 16.5. The number of hydrogen-bond acceptors (Lipinski definition) is 5. The van der Waals surface area contributed by atoms with E-state index in [1.54, 1.807) is 12.0 Å². The number of benzene rings is 2. The Morgan fingerprint density at radius 1 is 0.977 bits per heavy atom. The van der Waals surface area contributed by atoms with Crippen LogP contribution in [0.2, 0.25) is 0 Å². The van der Waals surface area contributed by atoms with Gasteiger partial charge in [0.2, 0.25) is 0 Å². The molecule has 0 bridgehead atoms. The number of imidazole rings is 1. The van der Waals surface area contributed by atoms with Gasteiger partial charge in [-0.25, -0.2) is 9.78 Å². The third-order valence-corrected chi connectivity index (χ3v) is 10.0. The summed E-state index contributed by atoms with van der Waals surface area (Å²) in [5.41, 5.74) is 17.4. The minimum atomic E-state index is -0.345. The van der Waals surface area contributed by atoms with E-state index in [4.69, 9.17) is 21.2 Å². The first-order valence-corrected chi connectivity index (χ1v) is 16.1. The molecule has 1 unspecified atom stereocenters. The van der Waals surface area contributed by atoms with Gasteiger partial charge < -0.3 is 35.1 Å². The fraction of sp³-hybridized carbons (Fsp3) is 0.500. The van der Waals surface area contributed by atoms with Gasteiger partial charge in [0.05, 0.1) is 23.8 Å². The number of aryl methyl sites for hydroxylation is 1. The molecule has 3 amide bonds. The number of nitrogens with two attached hydrogens (primary N) is 2. The second kappa shape index (κ2) is 11.5. The largest absolute Gasteiger partial charge is 0.494 e. The van der Waals surface area contributed by atoms with Gasteiger partial charge in [-0.2, -0.15) is 0 Å². The highest BCUT2D eigenvalue weighted by Gasteiger charge is 2.31. The molecule has 232 valence electrons. The van der Waals surface area contributed by atoms with Crippen LogP contribution < -0.4 is 16.2 Å². The van der Waals surface area contributed by atoms with Crippen LogP contribution in [0.4, 0.5) is 4.79 Å². The summed E-state index contributed by atoms with van der Waals surface area (Å²) >= 11 is 0. The van der Waals surface area contributed by atoms with Crippen molar-refractivity contribution in [3.8, 4) is 17.3 Å². The number of hydrogen-bond donors (Lipinski definition) is 2. The van der Waals surface area contributed by atoms with Crippen molar-refractivity contribution in [2.45, 2.75) is 51.0 Å². The average Bonchev–Trinajstić information content (AvgIpc) is 3.72. The molecule has 3 fully saturated rings. The van der Waals surface area contributed by atoms with E-state index in [1.165, 1.54) is 29.3 Å². The fourth-order valence-electron chi connectivity index (χ4n) is 7.49. The van der Waals surface area contributed by atoms with Gasteiger partial charge in [-0.05, 0) is 80.7 Å². The SMILES string of the molecule is COc1cc(C(=O)N2CCC[C@@H](CN)C2)cc2nc(-c3cc4cccc(C5CCCN(C(N)=O)C5)c4n3CC3CC3)n(C)c12. The molecule has 4 N–H and O–H groups in total. The summed E-state index contributed by atoms with van der Waals surface area (Å²) < 4.78 is 10.4. The van der Waals surface area contributed by atoms with Crippen molar-refractivity contribution in [3.05, 3.63) is 47.5 Å². The second-order valence-electron chi connectivity index (χ2n) is 13.0. The number of fused-ring (bicyclic) bond motifs is 2. The van der Waals surface area contributed by atoms with E-state index in [0.29, 0.717) is 49.3 Å². The summed E-state index contributed by atoms with van der Waals surface area (Å²) in [4.78, 5) is 34.6. The monoisotopic (exact) mass is 597 g/mol. The highest BCUT2D eigenvalue weighted by molar-refractivity contribution is 6.00. The first-order chi connectivity index (χ1) is 21.4. The van der Waals surface area contributed by atoms with Gasteiger partial charge >= 0.3 is 6.03 Å². The van der Waals surface area contributed by atoms with E-state index in [2.05, 4.69) is 33.4 Å². The summed E-state index contributed by atoms with van der Waals surface area (Å²) in [7, 11) is 3.67. The lowest BCUT2D eigenvalue weighted by Gasteiger charge is -2.32. The van der Waals surface area contributed by atoms with Gasteiger partial charge in [0.15, 0.2) is 5.82 Å². The zero-order chi connectivity index (χ0) is 30.5. The number of amides is 3. The smallest absolute Gasteiger partial charge is 0.314 e. The van der Waals surface area contributed by atoms with Crippen LogP contribution >= 0.6 is 0 Å². The number of nitrogens with zero attached hydrogens (tertiary/aromatic N) is 5. The summed E-state index contributed by atoms with van der Waals surface area (Å²) in [6.07, 6.45) is 6.45. The van der Waals surface area contributed by atoms with Crippen molar-refractivity contribution in [1.29, 1.82) is 0 Å². The maximum absolute atomic E-state index is 13.6. The standard InChI is InChI=1S/C34H43N7O3/c1-38-31-27(14-25(16-29(31)44-2)33(42)39-12-4-6-22(17-35)18-39)37-32(38)28-15-23-7-3-9-26(30(23)41(28)19-21-10-11-21)24-8-5-13-40(20-24)34(36)43/h3,7,9,14-16,21-22,24H,4-6,8,10-13,17-20,35H2,1-2H3,(H2,36,43)/t22-,24?/m0/s1. The van der Waals surface area contributed by atoms with E-state index in [1.807, 2.05) is 24.1 Å². The quantitative estimate of drug-likeness (QED) is 0.320. The molecule has 2 atom stereocenters. The molecule has 10 nitrogen and oxygen atoms in total. The molecule has 4 aromatic rings. The average molecular weight is 598 g/mol. The molecule has 44 heavy (non-hydrogen) atoms. The first-order valence-electron chi connectivity index (χ1n) is 16.1. The van der Waals surface area contributed by atoms with E-state index in [-0.39, 0.29) is 17.9 Å². The van der Waals surface area contributed by atoms with Crippen LogP contribution in [0.3, 0.4) is 0 Å². The maximum atomic E-state index is 13.6. The Hall–Kier alpha value is -4.05. The number of aromatic nitrogens is 3. The lowest BCUT2D eigenvalue weighted by molar-refractivity contribution is 0.0678.